The molecule has 0 amide bonds. The molecule has 1 atom stereocenters. The summed E-state index contributed by atoms with van der Waals surface area (Å²) < 4.78 is 26.5. The lowest BCUT2D eigenvalue weighted by Gasteiger charge is -2.13. The predicted molar refractivity (Wildman–Crippen MR) is 58.4 cm³/mol. The van der Waals surface area contributed by atoms with Gasteiger partial charge in [-0.05, 0) is 18.3 Å². The van der Waals surface area contributed by atoms with E-state index in [9.17, 15) is 4.57 Å². The van der Waals surface area contributed by atoms with E-state index in [1.165, 1.54) is 7.11 Å². The molecule has 0 saturated heterocycles. The van der Waals surface area contributed by atoms with Crippen LogP contribution in [0.25, 0.3) is 0 Å². The second-order valence-electron chi connectivity index (χ2n) is 2.14. The third kappa shape index (κ3) is 6.47. The maximum Gasteiger partial charge on any atom is 0.389 e. The lowest BCUT2D eigenvalue weighted by Crippen LogP contribution is -2.02. The van der Waals surface area contributed by atoms with Crippen LogP contribution in [0.15, 0.2) is 0 Å². The van der Waals surface area contributed by atoms with Crippen molar-refractivity contribution < 1.29 is 18.3 Å². The first-order valence-electron chi connectivity index (χ1n) is 4.14. The Morgan fingerprint density at radius 3 is 2.71 bits per heavy atom. The van der Waals surface area contributed by atoms with Gasteiger partial charge in [0.15, 0.2) is 0 Å². The normalized spacial score (nSPS) is 14.6. The molecule has 0 aliphatic rings. The summed E-state index contributed by atoms with van der Waals surface area (Å²) in [5.74, 6) is 2.66. The molecule has 0 rings (SSSR count). The Bertz CT molecular complexity index is 226. The number of ether oxygens (including phenoxy) is 1. The van der Waals surface area contributed by atoms with Crippen molar-refractivity contribution in [1.82, 2.24) is 0 Å². The quantitative estimate of drug-likeness (QED) is 0.368. The molecule has 0 bridgehead atoms. The van der Waals surface area contributed by atoms with Crippen LogP contribution in [0, 0.1) is 12.3 Å². The van der Waals surface area contributed by atoms with Crippen LogP contribution in [0.5, 0.6) is 0 Å². The summed E-state index contributed by atoms with van der Waals surface area (Å²) in [6.45, 7) is 0.0743. The van der Waals surface area contributed by atoms with Crippen LogP contribution >= 0.6 is 18.2 Å². The minimum Gasteiger partial charge on any atom is -0.379 e. The fourth-order valence-electron chi connectivity index (χ4n) is 0.611. The first kappa shape index (κ1) is 14.0. The van der Waals surface area contributed by atoms with Crippen molar-refractivity contribution in [2.45, 2.75) is 6.92 Å². The van der Waals surface area contributed by atoms with Gasteiger partial charge in [-0.3, -0.25) is 4.52 Å². The lowest BCUT2D eigenvalue weighted by molar-refractivity contribution is 0.105. The van der Waals surface area contributed by atoms with E-state index in [0.717, 1.165) is 11.4 Å². The first-order chi connectivity index (χ1) is 6.68. The first-order valence-corrected chi connectivity index (χ1v) is 7.28. The highest BCUT2D eigenvalue weighted by atomic mass is 32.7. The van der Waals surface area contributed by atoms with E-state index in [1.54, 1.807) is 0 Å². The van der Waals surface area contributed by atoms with Gasteiger partial charge in [-0.25, -0.2) is 4.57 Å². The van der Waals surface area contributed by atoms with Gasteiger partial charge in [0.05, 0.1) is 19.0 Å². The Labute approximate surface area is 89.0 Å². The summed E-state index contributed by atoms with van der Waals surface area (Å²) >= 11 is 1.00. The predicted octanol–water partition coefficient (Wildman–Crippen LogP) is 2.16. The Morgan fingerprint density at radius 2 is 2.21 bits per heavy atom. The second kappa shape index (κ2) is 8.34. The van der Waals surface area contributed by atoms with Gasteiger partial charge in [0.2, 0.25) is 0 Å². The molecule has 14 heavy (non-hydrogen) atoms. The van der Waals surface area contributed by atoms with Crippen molar-refractivity contribution >= 4 is 18.2 Å². The molecule has 0 aromatic carbocycles. The maximum absolute atomic E-state index is 11.7. The fourth-order valence-corrected chi connectivity index (χ4v) is 2.89. The molecule has 1 unspecified atom stereocenters. The molecule has 0 heterocycles. The molecule has 0 saturated carbocycles. The molecule has 0 aliphatic heterocycles. The summed E-state index contributed by atoms with van der Waals surface area (Å²) in [6, 6.07) is 0. The summed E-state index contributed by atoms with van der Waals surface area (Å²) in [4.78, 5) is 0. The van der Waals surface area contributed by atoms with Gasteiger partial charge in [0.25, 0.3) is 0 Å². The van der Waals surface area contributed by atoms with Crippen molar-refractivity contribution in [2.75, 3.05) is 32.7 Å². The van der Waals surface area contributed by atoms with Crippen molar-refractivity contribution in [3.8, 4) is 12.3 Å². The van der Waals surface area contributed by atoms with E-state index in [2.05, 4.69) is 5.92 Å². The number of hydrogen-bond acceptors (Lipinski definition) is 5. The number of rotatable bonds is 8. The minimum atomic E-state index is -3.06. The van der Waals surface area contributed by atoms with E-state index < -0.39 is 6.80 Å². The molecule has 0 radical (unpaired) electrons. The summed E-state index contributed by atoms with van der Waals surface area (Å²) in [6.07, 6.45) is 5.04. The maximum atomic E-state index is 11.7. The van der Waals surface area contributed by atoms with Gasteiger partial charge in [0.1, 0.15) is 0 Å². The van der Waals surface area contributed by atoms with E-state index >= 15 is 0 Å². The van der Waals surface area contributed by atoms with Gasteiger partial charge < -0.3 is 9.26 Å². The topological polar surface area (TPSA) is 44.8 Å². The molecule has 0 aromatic rings. The second-order valence-corrected chi connectivity index (χ2v) is 6.32. The highest BCUT2D eigenvalue weighted by Gasteiger charge is 2.22. The highest BCUT2D eigenvalue weighted by molar-refractivity contribution is 8.55. The third-order valence-electron chi connectivity index (χ3n) is 1.21. The minimum absolute atomic E-state index is 0.247. The smallest absolute Gasteiger partial charge is 0.379 e. The number of hydrogen-bond donors (Lipinski definition) is 0. The molecule has 0 aliphatic carbocycles. The molecule has 0 N–H and O–H groups in total. The molecule has 4 nitrogen and oxygen atoms in total. The van der Waals surface area contributed by atoms with Gasteiger partial charge in [-0.2, -0.15) is 0 Å². The van der Waals surface area contributed by atoms with Gasteiger partial charge in [-0.15, -0.1) is 6.42 Å². The Kier molecular flexibility index (Phi) is 8.35. The van der Waals surface area contributed by atoms with Gasteiger partial charge in [0, 0.05) is 13.7 Å². The van der Waals surface area contributed by atoms with Gasteiger partial charge >= 0.3 is 6.80 Å². The number of terminal acetylenes is 1. The zero-order chi connectivity index (χ0) is 10.9. The van der Waals surface area contributed by atoms with E-state index in [0.29, 0.717) is 19.0 Å². The highest BCUT2D eigenvalue weighted by Crippen LogP contribution is 2.59. The van der Waals surface area contributed by atoms with E-state index in [4.69, 9.17) is 20.2 Å². The molecule has 6 heteroatoms. The van der Waals surface area contributed by atoms with E-state index in [-0.39, 0.29) is 6.61 Å². The Morgan fingerprint density at radius 1 is 1.50 bits per heavy atom. The van der Waals surface area contributed by atoms with Crippen molar-refractivity contribution in [3.05, 3.63) is 0 Å². The average Bonchev–Trinajstić information content (AvgIpc) is 2.22. The van der Waals surface area contributed by atoms with Crippen molar-refractivity contribution in [1.29, 1.82) is 0 Å². The SMILES string of the molecule is C#CCSP(=O)(OC)OCCOCC. The van der Waals surface area contributed by atoms with Gasteiger partial charge in [-0.1, -0.05) is 5.92 Å². The van der Waals surface area contributed by atoms with Crippen LogP contribution in [0.4, 0.5) is 0 Å². The van der Waals surface area contributed by atoms with Crippen LogP contribution in [0.1, 0.15) is 6.92 Å². The van der Waals surface area contributed by atoms with Crippen LogP contribution in [0.2, 0.25) is 0 Å². The van der Waals surface area contributed by atoms with Crippen molar-refractivity contribution in [3.63, 3.8) is 0 Å². The van der Waals surface area contributed by atoms with Crippen LogP contribution in [-0.2, 0) is 18.3 Å². The zero-order valence-corrected chi connectivity index (χ0v) is 10.1. The molecular weight excluding hydrogens is 223 g/mol. The molecular formula is C8H15O4PS. The average molecular weight is 238 g/mol. The molecule has 0 fully saturated rings. The lowest BCUT2D eigenvalue weighted by atomic mass is 10.8. The van der Waals surface area contributed by atoms with Crippen LogP contribution < -0.4 is 0 Å². The fraction of sp³-hybridized carbons (Fsp3) is 0.750. The third-order valence-corrected chi connectivity index (χ3v) is 4.87. The summed E-state index contributed by atoms with van der Waals surface area (Å²) in [5.41, 5.74) is 0. The monoisotopic (exact) mass is 238 g/mol. The Hall–Kier alpha value is 0.0200. The summed E-state index contributed by atoms with van der Waals surface area (Å²) in [7, 11) is 1.34. The van der Waals surface area contributed by atoms with Crippen molar-refractivity contribution in [2.24, 2.45) is 0 Å². The summed E-state index contributed by atoms with van der Waals surface area (Å²) in [5, 5.41) is 0. The molecule has 82 valence electrons. The zero-order valence-electron chi connectivity index (χ0n) is 8.39. The van der Waals surface area contributed by atoms with E-state index in [1.807, 2.05) is 6.92 Å². The standard InChI is InChI=1S/C8H15O4PS/c1-4-8-14-13(9,10-3)12-7-6-11-5-2/h1H,5-8H2,2-3H3. The molecule has 0 spiro atoms. The Balaban J connectivity index is 3.76. The molecule has 0 aromatic heterocycles. The largest absolute Gasteiger partial charge is 0.389 e. The van der Waals surface area contributed by atoms with Crippen LogP contribution in [0.3, 0.4) is 0 Å². The van der Waals surface area contributed by atoms with Crippen LogP contribution in [-0.4, -0.2) is 32.7 Å².